The number of hydrogen-bond acceptors (Lipinski definition) is 2. The van der Waals surface area contributed by atoms with Crippen molar-refractivity contribution in [3.63, 3.8) is 0 Å². The number of rotatable bonds is 2. The Hall–Kier alpha value is -2.29. The number of amides is 1. The van der Waals surface area contributed by atoms with Crippen molar-refractivity contribution in [3.05, 3.63) is 59.2 Å². The lowest BCUT2D eigenvalue weighted by Crippen LogP contribution is -2.14. The highest BCUT2D eigenvalue weighted by molar-refractivity contribution is 6.06. The Kier molecular flexibility index (Phi) is 4.03. The molecule has 2 N–H and O–H groups in total. The molecule has 21 heavy (non-hydrogen) atoms. The summed E-state index contributed by atoms with van der Waals surface area (Å²) in [7, 11) is 0. The molecule has 0 aliphatic heterocycles. The van der Waals surface area contributed by atoms with E-state index >= 15 is 0 Å². The van der Waals surface area contributed by atoms with Crippen LogP contribution in [-0.2, 0) is 5.41 Å². The Morgan fingerprint density at radius 2 is 1.67 bits per heavy atom. The molecular formula is C18H21NO2. The molecule has 0 aliphatic rings. The van der Waals surface area contributed by atoms with Crippen LogP contribution in [0.15, 0.2) is 42.5 Å². The van der Waals surface area contributed by atoms with E-state index in [0.717, 1.165) is 5.56 Å². The first kappa shape index (κ1) is 15.1. The van der Waals surface area contributed by atoms with Crippen LogP contribution in [0.4, 0.5) is 5.69 Å². The zero-order valence-electron chi connectivity index (χ0n) is 12.9. The summed E-state index contributed by atoms with van der Waals surface area (Å²) in [5.41, 5.74) is 3.22. The number of nitrogens with one attached hydrogen (secondary N) is 1. The molecule has 3 heteroatoms. The van der Waals surface area contributed by atoms with Crippen molar-refractivity contribution in [1.82, 2.24) is 0 Å². The maximum atomic E-state index is 12.2. The maximum Gasteiger partial charge on any atom is 0.259 e. The first-order valence-electron chi connectivity index (χ1n) is 6.99. The van der Waals surface area contributed by atoms with E-state index in [1.54, 1.807) is 12.1 Å². The zero-order chi connectivity index (χ0) is 15.6. The molecule has 0 fully saturated rings. The van der Waals surface area contributed by atoms with Crippen LogP contribution < -0.4 is 5.32 Å². The monoisotopic (exact) mass is 283 g/mol. The van der Waals surface area contributed by atoms with Crippen LogP contribution in [0.25, 0.3) is 0 Å². The standard InChI is InChI=1S/C18H21NO2/c1-12-5-10-16(20)15(11-12)17(21)19-14-8-6-13(7-9-14)18(2,3)4/h5-11,20H,1-4H3,(H,19,21). The minimum absolute atomic E-state index is 0.00980. The van der Waals surface area contributed by atoms with Gasteiger partial charge >= 0.3 is 0 Å². The number of aryl methyl sites for hydroxylation is 1. The number of carbonyl (C=O) groups is 1. The lowest BCUT2D eigenvalue weighted by Gasteiger charge is -2.19. The first-order chi connectivity index (χ1) is 9.77. The van der Waals surface area contributed by atoms with Crippen LogP contribution in [0.2, 0.25) is 0 Å². The van der Waals surface area contributed by atoms with Gasteiger partial charge in [0.2, 0.25) is 0 Å². The van der Waals surface area contributed by atoms with Crippen LogP contribution in [0.5, 0.6) is 5.75 Å². The number of phenols is 1. The predicted molar refractivity (Wildman–Crippen MR) is 85.9 cm³/mol. The summed E-state index contributed by atoms with van der Waals surface area (Å²) in [6.07, 6.45) is 0. The van der Waals surface area contributed by atoms with E-state index in [2.05, 4.69) is 26.1 Å². The number of carbonyl (C=O) groups excluding carboxylic acids is 1. The van der Waals surface area contributed by atoms with E-state index in [-0.39, 0.29) is 22.6 Å². The molecule has 0 atom stereocenters. The minimum atomic E-state index is -0.306. The molecule has 0 spiro atoms. The van der Waals surface area contributed by atoms with Gasteiger partial charge in [0.15, 0.2) is 0 Å². The van der Waals surface area contributed by atoms with Crippen LogP contribution >= 0.6 is 0 Å². The molecule has 0 heterocycles. The summed E-state index contributed by atoms with van der Waals surface area (Å²) >= 11 is 0. The third-order valence-electron chi connectivity index (χ3n) is 3.41. The van der Waals surface area contributed by atoms with Crippen LogP contribution in [-0.4, -0.2) is 11.0 Å². The molecule has 110 valence electrons. The van der Waals surface area contributed by atoms with Crippen molar-refractivity contribution in [2.45, 2.75) is 33.1 Å². The van der Waals surface area contributed by atoms with E-state index in [9.17, 15) is 9.90 Å². The van der Waals surface area contributed by atoms with Gasteiger partial charge in [-0.1, -0.05) is 44.5 Å². The highest BCUT2D eigenvalue weighted by Crippen LogP contribution is 2.24. The van der Waals surface area contributed by atoms with Gasteiger partial charge in [0, 0.05) is 5.69 Å². The van der Waals surface area contributed by atoms with Gasteiger partial charge in [0.25, 0.3) is 5.91 Å². The van der Waals surface area contributed by atoms with Gasteiger partial charge in [-0.05, 0) is 42.2 Å². The molecule has 0 bridgehead atoms. The van der Waals surface area contributed by atoms with Gasteiger partial charge in [0.05, 0.1) is 5.56 Å². The van der Waals surface area contributed by atoms with E-state index in [1.165, 1.54) is 11.6 Å². The number of anilines is 1. The van der Waals surface area contributed by atoms with Crippen molar-refractivity contribution in [2.24, 2.45) is 0 Å². The minimum Gasteiger partial charge on any atom is -0.507 e. The molecule has 2 aromatic rings. The molecule has 0 saturated heterocycles. The average molecular weight is 283 g/mol. The van der Waals surface area contributed by atoms with Gasteiger partial charge in [-0.3, -0.25) is 4.79 Å². The number of phenolic OH excluding ortho intramolecular Hbond substituents is 1. The summed E-state index contributed by atoms with van der Waals surface area (Å²) in [4.78, 5) is 12.2. The van der Waals surface area contributed by atoms with Gasteiger partial charge in [0.1, 0.15) is 5.75 Å². The van der Waals surface area contributed by atoms with Crippen LogP contribution in [0.3, 0.4) is 0 Å². The first-order valence-corrected chi connectivity index (χ1v) is 6.99. The van der Waals surface area contributed by atoms with E-state index < -0.39 is 0 Å². The summed E-state index contributed by atoms with van der Waals surface area (Å²) in [6.45, 7) is 8.32. The average Bonchev–Trinajstić information content (AvgIpc) is 2.41. The molecule has 0 radical (unpaired) electrons. The molecule has 2 rings (SSSR count). The van der Waals surface area contributed by atoms with Crippen molar-refractivity contribution < 1.29 is 9.90 Å². The Bertz CT molecular complexity index is 652. The highest BCUT2D eigenvalue weighted by atomic mass is 16.3. The Balaban J connectivity index is 2.18. The fraction of sp³-hybridized carbons (Fsp3) is 0.278. The smallest absolute Gasteiger partial charge is 0.259 e. The Morgan fingerprint density at radius 1 is 1.05 bits per heavy atom. The summed E-state index contributed by atoms with van der Waals surface area (Å²) in [6, 6.07) is 12.7. The fourth-order valence-electron chi connectivity index (χ4n) is 2.08. The molecule has 3 nitrogen and oxygen atoms in total. The second-order valence-electron chi connectivity index (χ2n) is 6.30. The molecule has 2 aromatic carbocycles. The predicted octanol–water partition coefficient (Wildman–Crippen LogP) is 4.25. The summed E-state index contributed by atoms with van der Waals surface area (Å²) in [5, 5.41) is 12.6. The van der Waals surface area contributed by atoms with Gasteiger partial charge in [-0.15, -0.1) is 0 Å². The van der Waals surface area contributed by atoms with Crippen molar-refractivity contribution in [2.75, 3.05) is 5.32 Å². The molecule has 0 aliphatic carbocycles. The van der Waals surface area contributed by atoms with E-state index in [4.69, 9.17) is 0 Å². The second-order valence-corrected chi connectivity index (χ2v) is 6.30. The lowest BCUT2D eigenvalue weighted by molar-refractivity contribution is 0.102. The zero-order valence-corrected chi connectivity index (χ0v) is 12.9. The number of aromatic hydroxyl groups is 1. The topological polar surface area (TPSA) is 49.3 Å². The largest absolute Gasteiger partial charge is 0.507 e. The van der Waals surface area contributed by atoms with Crippen LogP contribution in [0.1, 0.15) is 42.3 Å². The van der Waals surface area contributed by atoms with Gasteiger partial charge in [-0.2, -0.15) is 0 Å². The quantitative estimate of drug-likeness (QED) is 0.865. The molecule has 0 aromatic heterocycles. The number of benzene rings is 2. The van der Waals surface area contributed by atoms with E-state index in [0.29, 0.717) is 5.69 Å². The summed E-state index contributed by atoms with van der Waals surface area (Å²) in [5.74, 6) is -0.316. The molecule has 0 saturated carbocycles. The SMILES string of the molecule is Cc1ccc(O)c(C(=O)Nc2ccc(C(C)(C)C)cc2)c1. The van der Waals surface area contributed by atoms with Crippen molar-refractivity contribution >= 4 is 11.6 Å². The Morgan fingerprint density at radius 3 is 2.24 bits per heavy atom. The number of hydrogen-bond donors (Lipinski definition) is 2. The van der Waals surface area contributed by atoms with Crippen molar-refractivity contribution in [3.8, 4) is 5.75 Å². The second kappa shape index (κ2) is 5.60. The lowest BCUT2D eigenvalue weighted by atomic mass is 9.87. The third kappa shape index (κ3) is 3.63. The highest BCUT2D eigenvalue weighted by Gasteiger charge is 2.14. The van der Waals surface area contributed by atoms with Gasteiger partial charge < -0.3 is 10.4 Å². The Labute approximate surface area is 125 Å². The molecular weight excluding hydrogens is 262 g/mol. The van der Waals surface area contributed by atoms with E-state index in [1.807, 2.05) is 31.2 Å². The molecule has 0 unspecified atom stereocenters. The van der Waals surface area contributed by atoms with Crippen molar-refractivity contribution in [1.29, 1.82) is 0 Å². The fourth-order valence-corrected chi connectivity index (χ4v) is 2.08. The summed E-state index contributed by atoms with van der Waals surface area (Å²) < 4.78 is 0. The normalized spacial score (nSPS) is 11.2. The molecule has 1 amide bonds. The van der Waals surface area contributed by atoms with Gasteiger partial charge in [-0.25, -0.2) is 0 Å². The van der Waals surface area contributed by atoms with Crippen LogP contribution in [0, 0.1) is 6.92 Å². The maximum absolute atomic E-state index is 12.2. The third-order valence-corrected chi connectivity index (χ3v) is 3.41.